The van der Waals surface area contributed by atoms with E-state index in [9.17, 15) is 0 Å². The number of anilines is 1. The summed E-state index contributed by atoms with van der Waals surface area (Å²) in [5.74, 6) is 3.42. The van der Waals surface area contributed by atoms with Gasteiger partial charge in [-0.1, -0.05) is 13.8 Å². The first-order valence-corrected chi connectivity index (χ1v) is 10.5. The highest BCUT2D eigenvalue weighted by molar-refractivity contribution is 5.60. The van der Waals surface area contributed by atoms with Gasteiger partial charge >= 0.3 is 0 Å². The van der Waals surface area contributed by atoms with Crippen LogP contribution in [0, 0.1) is 11.8 Å². The van der Waals surface area contributed by atoms with Crippen LogP contribution in [0.1, 0.15) is 13.8 Å². The van der Waals surface area contributed by atoms with Gasteiger partial charge in [0.15, 0.2) is 5.82 Å². The van der Waals surface area contributed by atoms with Crippen molar-refractivity contribution in [2.24, 2.45) is 11.8 Å². The van der Waals surface area contributed by atoms with Crippen LogP contribution in [0.2, 0.25) is 0 Å². The summed E-state index contributed by atoms with van der Waals surface area (Å²) in [7, 11) is 0. The fraction of sp³-hybridized carbons (Fsp3) is 0.545. The fourth-order valence-electron chi connectivity index (χ4n) is 4.24. The molecule has 0 saturated carbocycles. The second-order valence-corrected chi connectivity index (χ2v) is 7.76. The molecule has 2 atom stereocenters. The van der Waals surface area contributed by atoms with E-state index in [4.69, 9.17) is 4.74 Å². The van der Waals surface area contributed by atoms with Gasteiger partial charge in [0.25, 0.3) is 0 Å². The van der Waals surface area contributed by atoms with E-state index >= 15 is 0 Å². The number of hydrogen-bond donors (Lipinski definition) is 1. The third kappa shape index (κ3) is 4.28. The van der Waals surface area contributed by atoms with Crippen LogP contribution in [0.4, 0.5) is 5.82 Å². The Morgan fingerprint density at radius 3 is 2.32 bits per heavy atom. The average molecular weight is 382 g/mol. The van der Waals surface area contributed by atoms with Crippen molar-refractivity contribution in [2.45, 2.75) is 13.8 Å². The molecule has 0 bridgehead atoms. The van der Waals surface area contributed by atoms with E-state index in [1.54, 1.807) is 0 Å². The minimum atomic E-state index is 0.711. The van der Waals surface area contributed by atoms with Gasteiger partial charge in [-0.25, -0.2) is 0 Å². The Balaban J connectivity index is 1.33. The smallest absolute Gasteiger partial charge is 0.151 e. The third-order valence-electron chi connectivity index (χ3n) is 6.08. The number of aromatic nitrogens is 2. The predicted octanol–water partition coefficient (Wildman–Crippen LogP) is 2.52. The third-order valence-corrected chi connectivity index (χ3v) is 6.08. The molecule has 150 valence electrons. The molecule has 1 aromatic heterocycles. The van der Waals surface area contributed by atoms with Crippen molar-refractivity contribution < 1.29 is 4.74 Å². The highest BCUT2D eigenvalue weighted by atomic mass is 16.5. The second kappa shape index (κ2) is 8.88. The van der Waals surface area contributed by atoms with Crippen molar-refractivity contribution in [3.8, 4) is 17.0 Å². The minimum Gasteiger partial charge on any atom is -0.492 e. The molecule has 28 heavy (non-hydrogen) atoms. The average Bonchev–Trinajstić information content (AvgIpc) is 3.34. The van der Waals surface area contributed by atoms with Crippen molar-refractivity contribution in [1.82, 2.24) is 20.4 Å². The molecule has 6 nitrogen and oxygen atoms in total. The zero-order valence-electron chi connectivity index (χ0n) is 17.0. The van der Waals surface area contributed by atoms with Gasteiger partial charge in [-0.05, 0) is 61.3 Å². The Morgan fingerprint density at radius 1 is 1.00 bits per heavy atom. The van der Waals surface area contributed by atoms with Gasteiger partial charge in [0.05, 0.1) is 5.69 Å². The van der Waals surface area contributed by atoms with E-state index in [-0.39, 0.29) is 0 Å². The lowest BCUT2D eigenvalue weighted by molar-refractivity contribution is 0.223. The highest BCUT2D eigenvalue weighted by Crippen LogP contribution is 2.30. The van der Waals surface area contributed by atoms with Gasteiger partial charge in [0, 0.05) is 38.3 Å². The molecule has 2 aromatic rings. The Morgan fingerprint density at radius 2 is 1.71 bits per heavy atom. The summed E-state index contributed by atoms with van der Waals surface area (Å²) in [6.07, 6.45) is 0. The number of nitrogens with one attached hydrogen (secondary N) is 1. The molecule has 0 radical (unpaired) electrons. The van der Waals surface area contributed by atoms with Crippen LogP contribution in [-0.2, 0) is 0 Å². The molecule has 4 rings (SSSR count). The molecule has 6 heteroatoms. The number of ether oxygens (including phenoxy) is 1. The van der Waals surface area contributed by atoms with Gasteiger partial charge in [-0.3, -0.25) is 0 Å². The first kappa shape index (κ1) is 19.2. The van der Waals surface area contributed by atoms with Gasteiger partial charge in [0.2, 0.25) is 0 Å². The summed E-state index contributed by atoms with van der Waals surface area (Å²) in [4.78, 5) is 4.73. The van der Waals surface area contributed by atoms with Crippen molar-refractivity contribution in [1.29, 1.82) is 0 Å². The SMILES string of the molecule is CCN(CC)CCOc1ccc(-c2ccc(N3CC4CNCC4C3)nn2)cc1. The van der Waals surface area contributed by atoms with Crippen LogP contribution < -0.4 is 15.0 Å². The molecule has 2 unspecified atom stereocenters. The van der Waals surface area contributed by atoms with Crippen LogP contribution in [-0.4, -0.2) is 67.5 Å². The second-order valence-electron chi connectivity index (χ2n) is 7.76. The quantitative estimate of drug-likeness (QED) is 0.758. The molecule has 1 N–H and O–H groups in total. The maximum Gasteiger partial charge on any atom is 0.151 e. The number of fused-ring (bicyclic) bond motifs is 1. The summed E-state index contributed by atoms with van der Waals surface area (Å²) in [6, 6.07) is 12.3. The van der Waals surface area contributed by atoms with Gasteiger partial charge in [-0.2, -0.15) is 0 Å². The molecule has 2 fully saturated rings. The van der Waals surface area contributed by atoms with Gasteiger partial charge < -0.3 is 19.9 Å². The summed E-state index contributed by atoms with van der Waals surface area (Å²) in [5.41, 5.74) is 1.97. The van der Waals surface area contributed by atoms with Crippen molar-refractivity contribution in [3.05, 3.63) is 36.4 Å². The van der Waals surface area contributed by atoms with Gasteiger partial charge in [0.1, 0.15) is 12.4 Å². The zero-order valence-corrected chi connectivity index (χ0v) is 17.0. The first-order chi connectivity index (χ1) is 13.8. The predicted molar refractivity (Wildman–Crippen MR) is 113 cm³/mol. The lowest BCUT2D eigenvalue weighted by Crippen LogP contribution is -2.27. The molecule has 0 aliphatic carbocycles. The normalized spacial score (nSPS) is 21.3. The number of rotatable bonds is 8. The van der Waals surface area contributed by atoms with Crippen LogP contribution >= 0.6 is 0 Å². The molecular weight excluding hydrogens is 350 g/mol. The summed E-state index contributed by atoms with van der Waals surface area (Å²) in [6.45, 7) is 12.6. The zero-order chi connectivity index (χ0) is 19.3. The lowest BCUT2D eigenvalue weighted by atomic mass is 10.0. The topological polar surface area (TPSA) is 53.5 Å². The van der Waals surface area contributed by atoms with Crippen LogP contribution in [0.5, 0.6) is 5.75 Å². The molecule has 0 amide bonds. The molecule has 2 aliphatic heterocycles. The Bertz CT molecular complexity index is 733. The number of nitrogens with zero attached hydrogens (tertiary/aromatic N) is 4. The summed E-state index contributed by atoms with van der Waals surface area (Å²) in [5, 5.41) is 12.4. The summed E-state index contributed by atoms with van der Waals surface area (Å²) >= 11 is 0. The molecule has 3 heterocycles. The Hall–Kier alpha value is -2.18. The lowest BCUT2D eigenvalue weighted by Gasteiger charge is -2.18. The van der Waals surface area contributed by atoms with Crippen molar-refractivity contribution in [2.75, 3.05) is 57.3 Å². The monoisotopic (exact) mass is 381 g/mol. The summed E-state index contributed by atoms with van der Waals surface area (Å²) < 4.78 is 5.86. The maximum atomic E-state index is 5.86. The standard InChI is InChI=1S/C22H31N5O/c1-3-26(4-2)11-12-28-20-7-5-17(6-8-20)21-9-10-22(25-24-21)27-15-18-13-23-14-19(18)16-27/h5-10,18-19,23H,3-4,11-16H2,1-2H3. The van der Waals surface area contributed by atoms with E-state index in [0.717, 1.165) is 80.5 Å². The van der Waals surface area contributed by atoms with E-state index in [0.29, 0.717) is 6.61 Å². The van der Waals surface area contributed by atoms with E-state index in [1.165, 1.54) is 0 Å². The van der Waals surface area contributed by atoms with Gasteiger partial charge in [-0.15, -0.1) is 10.2 Å². The van der Waals surface area contributed by atoms with E-state index in [1.807, 2.05) is 12.1 Å². The number of benzene rings is 1. The molecule has 2 aliphatic rings. The molecule has 1 aromatic carbocycles. The minimum absolute atomic E-state index is 0.711. The Kier molecular flexibility index (Phi) is 6.07. The molecular formula is C22H31N5O. The number of hydrogen-bond acceptors (Lipinski definition) is 6. The molecule has 0 spiro atoms. The Labute approximate surface area is 167 Å². The largest absolute Gasteiger partial charge is 0.492 e. The fourth-order valence-corrected chi connectivity index (χ4v) is 4.24. The van der Waals surface area contributed by atoms with Crippen LogP contribution in [0.25, 0.3) is 11.3 Å². The van der Waals surface area contributed by atoms with Crippen LogP contribution in [0.15, 0.2) is 36.4 Å². The first-order valence-electron chi connectivity index (χ1n) is 10.5. The van der Waals surface area contributed by atoms with E-state index < -0.39 is 0 Å². The van der Waals surface area contributed by atoms with Crippen molar-refractivity contribution >= 4 is 5.82 Å². The maximum absolute atomic E-state index is 5.86. The van der Waals surface area contributed by atoms with Crippen LogP contribution in [0.3, 0.4) is 0 Å². The number of likely N-dealkylation sites (N-methyl/N-ethyl adjacent to an activating group) is 1. The highest BCUT2D eigenvalue weighted by Gasteiger charge is 2.36. The molecule has 2 saturated heterocycles. The van der Waals surface area contributed by atoms with Crippen molar-refractivity contribution in [3.63, 3.8) is 0 Å². The van der Waals surface area contributed by atoms with E-state index in [2.05, 4.69) is 63.4 Å².